The number of phenols is 1. The Balaban J connectivity index is 2.08. The van der Waals surface area contributed by atoms with Gasteiger partial charge in [0.05, 0.1) is 0 Å². The minimum atomic E-state index is -1.11. The van der Waals surface area contributed by atoms with E-state index in [0.29, 0.717) is 5.56 Å². The molecule has 1 N–H and O–H groups in total. The number of rotatable bonds is 3. The van der Waals surface area contributed by atoms with Crippen molar-refractivity contribution < 1.29 is 13.9 Å². The first kappa shape index (κ1) is 13.3. The first-order valence-electron chi connectivity index (χ1n) is 6.80. The van der Waals surface area contributed by atoms with Gasteiger partial charge in [-0.15, -0.1) is 0 Å². The molecule has 0 amide bonds. The summed E-state index contributed by atoms with van der Waals surface area (Å²) in [5.74, 6) is -1.72. The van der Waals surface area contributed by atoms with Crippen LogP contribution in [0.5, 0.6) is 5.75 Å². The molecule has 1 fully saturated rings. The fourth-order valence-corrected chi connectivity index (χ4v) is 3.04. The van der Waals surface area contributed by atoms with Crippen LogP contribution in [0.2, 0.25) is 0 Å². The summed E-state index contributed by atoms with van der Waals surface area (Å²) >= 11 is 0. The van der Waals surface area contributed by atoms with Crippen LogP contribution in [-0.2, 0) is 0 Å². The number of hydrogen-bond donors (Lipinski definition) is 1. The molecule has 3 heteroatoms. The normalized spacial score (nSPS) is 24.2. The van der Waals surface area contributed by atoms with Crippen LogP contribution < -0.4 is 0 Å². The lowest BCUT2D eigenvalue weighted by Crippen LogP contribution is -2.14. The van der Waals surface area contributed by atoms with Gasteiger partial charge >= 0.3 is 0 Å². The van der Waals surface area contributed by atoms with Crippen molar-refractivity contribution in [3.63, 3.8) is 0 Å². The minimum absolute atomic E-state index is 0.105. The highest BCUT2D eigenvalue weighted by molar-refractivity contribution is 5.32. The zero-order valence-corrected chi connectivity index (χ0v) is 10.8. The molecule has 0 aromatic heterocycles. The molecular formula is C15H20F2O. The molecule has 100 valence electrons. The van der Waals surface area contributed by atoms with Crippen molar-refractivity contribution in [2.45, 2.75) is 51.4 Å². The van der Waals surface area contributed by atoms with E-state index in [-0.39, 0.29) is 5.92 Å². The van der Waals surface area contributed by atoms with E-state index >= 15 is 0 Å². The smallest absolute Gasteiger partial charge is 0.200 e. The molecule has 0 unspecified atom stereocenters. The SMILES string of the molecule is CCCC1CCC(c2ccc(O)c(F)c2F)CC1. The molecule has 0 spiro atoms. The Hall–Kier alpha value is -1.12. The molecular weight excluding hydrogens is 234 g/mol. The Labute approximate surface area is 107 Å². The van der Waals surface area contributed by atoms with Crippen molar-refractivity contribution in [2.24, 2.45) is 5.92 Å². The molecule has 1 aromatic rings. The van der Waals surface area contributed by atoms with Gasteiger partial charge in [0, 0.05) is 0 Å². The van der Waals surface area contributed by atoms with Crippen LogP contribution in [0.3, 0.4) is 0 Å². The minimum Gasteiger partial charge on any atom is -0.505 e. The van der Waals surface area contributed by atoms with Crippen LogP contribution in [0, 0.1) is 17.6 Å². The average molecular weight is 254 g/mol. The number of aromatic hydroxyl groups is 1. The van der Waals surface area contributed by atoms with E-state index in [2.05, 4.69) is 6.92 Å². The zero-order valence-electron chi connectivity index (χ0n) is 10.8. The fourth-order valence-electron chi connectivity index (χ4n) is 3.04. The summed E-state index contributed by atoms with van der Waals surface area (Å²) in [5, 5.41) is 9.12. The average Bonchev–Trinajstić information content (AvgIpc) is 2.38. The third-order valence-electron chi connectivity index (χ3n) is 4.08. The summed E-state index contributed by atoms with van der Waals surface area (Å²) in [6, 6.07) is 2.78. The maximum absolute atomic E-state index is 13.8. The fraction of sp³-hybridized carbons (Fsp3) is 0.600. The number of halogens is 2. The Kier molecular flexibility index (Phi) is 4.20. The van der Waals surface area contributed by atoms with Gasteiger partial charge in [-0.05, 0) is 49.1 Å². The Morgan fingerprint density at radius 2 is 1.78 bits per heavy atom. The molecule has 1 aliphatic rings. The molecule has 0 atom stereocenters. The van der Waals surface area contributed by atoms with Crippen molar-refractivity contribution in [3.05, 3.63) is 29.3 Å². The van der Waals surface area contributed by atoms with E-state index in [1.807, 2.05) is 0 Å². The van der Waals surface area contributed by atoms with Crippen LogP contribution in [0.4, 0.5) is 8.78 Å². The first-order chi connectivity index (χ1) is 8.63. The van der Waals surface area contributed by atoms with Gasteiger partial charge in [0.15, 0.2) is 11.6 Å². The maximum Gasteiger partial charge on any atom is 0.200 e. The lowest BCUT2D eigenvalue weighted by molar-refractivity contribution is 0.301. The molecule has 1 aromatic carbocycles. The molecule has 2 rings (SSSR count). The van der Waals surface area contributed by atoms with E-state index in [4.69, 9.17) is 5.11 Å². The first-order valence-corrected chi connectivity index (χ1v) is 6.80. The van der Waals surface area contributed by atoms with Gasteiger partial charge in [-0.1, -0.05) is 25.8 Å². The summed E-state index contributed by atoms with van der Waals surface area (Å²) in [6.45, 7) is 2.18. The third kappa shape index (κ3) is 2.65. The van der Waals surface area contributed by atoms with Gasteiger partial charge < -0.3 is 5.11 Å². The van der Waals surface area contributed by atoms with E-state index < -0.39 is 17.4 Å². The molecule has 0 saturated heterocycles. The summed E-state index contributed by atoms with van der Waals surface area (Å²) in [6.07, 6.45) is 6.47. The topological polar surface area (TPSA) is 20.2 Å². The lowest BCUT2D eigenvalue weighted by Gasteiger charge is -2.28. The maximum atomic E-state index is 13.8. The largest absolute Gasteiger partial charge is 0.505 e. The molecule has 18 heavy (non-hydrogen) atoms. The van der Waals surface area contributed by atoms with E-state index in [9.17, 15) is 8.78 Å². The highest BCUT2D eigenvalue weighted by Crippen LogP contribution is 2.39. The number of benzene rings is 1. The van der Waals surface area contributed by atoms with Crippen molar-refractivity contribution in [2.75, 3.05) is 0 Å². The van der Waals surface area contributed by atoms with Crippen LogP contribution in [0.15, 0.2) is 12.1 Å². The molecule has 1 nitrogen and oxygen atoms in total. The summed E-state index contributed by atoms with van der Waals surface area (Å²) < 4.78 is 27.1. The highest BCUT2D eigenvalue weighted by atomic mass is 19.2. The molecule has 1 saturated carbocycles. The predicted octanol–water partition coefficient (Wildman–Crippen LogP) is 4.74. The van der Waals surface area contributed by atoms with Gasteiger partial charge in [0.25, 0.3) is 0 Å². The second kappa shape index (κ2) is 5.68. The van der Waals surface area contributed by atoms with Crippen LogP contribution in [-0.4, -0.2) is 5.11 Å². The van der Waals surface area contributed by atoms with E-state index in [1.54, 1.807) is 0 Å². The number of phenolic OH excluding ortho intramolecular Hbond substituents is 1. The van der Waals surface area contributed by atoms with Gasteiger partial charge in [0.1, 0.15) is 0 Å². The van der Waals surface area contributed by atoms with Crippen molar-refractivity contribution in [1.82, 2.24) is 0 Å². The van der Waals surface area contributed by atoms with Crippen molar-refractivity contribution in [3.8, 4) is 5.75 Å². The van der Waals surface area contributed by atoms with Gasteiger partial charge in [0.2, 0.25) is 5.82 Å². The molecule has 0 radical (unpaired) electrons. The molecule has 1 aliphatic carbocycles. The standard InChI is InChI=1S/C15H20F2O/c1-2-3-10-4-6-11(7-5-10)12-8-9-13(18)15(17)14(12)16/h8-11,18H,2-7H2,1H3. The summed E-state index contributed by atoms with van der Waals surface area (Å²) in [7, 11) is 0. The Morgan fingerprint density at radius 1 is 1.11 bits per heavy atom. The zero-order chi connectivity index (χ0) is 13.1. The van der Waals surface area contributed by atoms with E-state index in [1.165, 1.54) is 25.0 Å². The summed E-state index contributed by atoms with van der Waals surface area (Å²) in [5.41, 5.74) is 0.431. The predicted molar refractivity (Wildman–Crippen MR) is 67.6 cm³/mol. The second-order valence-electron chi connectivity index (χ2n) is 5.31. The lowest BCUT2D eigenvalue weighted by atomic mass is 9.77. The molecule has 0 bridgehead atoms. The van der Waals surface area contributed by atoms with Crippen molar-refractivity contribution >= 4 is 0 Å². The summed E-state index contributed by atoms with van der Waals surface area (Å²) in [4.78, 5) is 0. The third-order valence-corrected chi connectivity index (χ3v) is 4.08. The van der Waals surface area contributed by atoms with Crippen LogP contribution in [0.1, 0.15) is 56.9 Å². The monoisotopic (exact) mass is 254 g/mol. The van der Waals surface area contributed by atoms with Gasteiger partial charge in [-0.2, -0.15) is 4.39 Å². The van der Waals surface area contributed by atoms with Crippen molar-refractivity contribution in [1.29, 1.82) is 0 Å². The number of hydrogen-bond acceptors (Lipinski definition) is 1. The quantitative estimate of drug-likeness (QED) is 0.825. The Bertz CT molecular complexity index is 409. The van der Waals surface area contributed by atoms with Crippen LogP contribution >= 0.6 is 0 Å². The second-order valence-corrected chi connectivity index (χ2v) is 5.31. The highest BCUT2D eigenvalue weighted by Gasteiger charge is 2.25. The van der Waals surface area contributed by atoms with E-state index in [0.717, 1.165) is 31.6 Å². The molecule has 0 aliphatic heterocycles. The van der Waals surface area contributed by atoms with Gasteiger partial charge in [-0.3, -0.25) is 0 Å². The molecule has 0 heterocycles. The Morgan fingerprint density at radius 3 is 2.39 bits per heavy atom. The van der Waals surface area contributed by atoms with Gasteiger partial charge in [-0.25, -0.2) is 4.39 Å². The van der Waals surface area contributed by atoms with Crippen LogP contribution in [0.25, 0.3) is 0 Å².